The van der Waals surface area contributed by atoms with Crippen LogP contribution in [0, 0.1) is 0 Å². The van der Waals surface area contributed by atoms with Gasteiger partial charge < -0.3 is 16.0 Å². The van der Waals surface area contributed by atoms with Gasteiger partial charge in [-0.25, -0.2) is 4.79 Å². The summed E-state index contributed by atoms with van der Waals surface area (Å²) < 4.78 is 0. The first kappa shape index (κ1) is 15.9. The van der Waals surface area contributed by atoms with Crippen LogP contribution >= 0.6 is 23.2 Å². The maximum Gasteiger partial charge on any atom is 0.315 e. The number of likely N-dealkylation sites (tertiary alicyclic amines) is 1. The summed E-state index contributed by atoms with van der Waals surface area (Å²) in [5, 5.41) is 3.98. The van der Waals surface area contributed by atoms with Crippen LogP contribution in [0.15, 0.2) is 18.2 Å². The minimum absolute atomic E-state index is 0.170. The molecule has 1 aliphatic rings. The number of carbonyl (C=O) groups excluding carboxylic acids is 2. The maximum atomic E-state index is 12.1. The summed E-state index contributed by atoms with van der Waals surface area (Å²) in [4.78, 5) is 24.7. The first-order valence-electron chi connectivity index (χ1n) is 6.76. The minimum Gasteiger partial charge on any atom is -0.354 e. The van der Waals surface area contributed by atoms with Crippen LogP contribution in [0.25, 0.3) is 0 Å². The average molecular weight is 330 g/mol. The van der Waals surface area contributed by atoms with E-state index in [0.717, 1.165) is 12.0 Å². The SMILES string of the molecule is NC(=O)N1CCC[C@H]1C(=O)NCCc1ccc(Cl)cc1Cl. The summed E-state index contributed by atoms with van der Waals surface area (Å²) >= 11 is 11.9. The first-order chi connectivity index (χ1) is 9.99. The van der Waals surface area contributed by atoms with Gasteiger partial charge in [0.05, 0.1) is 0 Å². The number of rotatable bonds is 4. The van der Waals surface area contributed by atoms with Crippen LogP contribution in [0.5, 0.6) is 0 Å². The number of primary amides is 1. The molecule has 1 aliphatic heterocycles. The number of hydrogen-bond donors (Lipinski definition) is 2. The highest BCUT2D eigenvalue weighted by Gasteiger charge is 2.32. The number of hydrogen-bond acceptors (Lipinski definition) is 2. The molecular weight excluding hydrogens is 313 g/mol. The van der Waals surface area contributed by atoms with Gasteiger partial charge in [-0.15, -0.1) is 0 Å². The first-order valence-corrected chi connectivity index (χ1v) is 7.52. The predicted octanol–water partition coefficient (Wildman–Crippen LogP) is 2.20. The van der Waals surface area contributed by atoms with E-state index in [0.29, 0.717) is 36.0 Å². The maximum absolute atomic E-state index is 12.1. The Labute approximate surface area is 133 Å². The zero-order valence-corrected chi connectivity index (χ0v) is 13.0. The van der Waals surface area contributed by atoms with Crippen molar-refractivity contribution in [2.24, 2.45) is 5.73 Å². The smallest absolute Gasteiger partial charge is 0.315 e. The van der Waals surface area contributed by atoms with Gasteiger partial charge >= 0.3 is 6.03 Å². The zero-order valence-electron chi connectivity index (χ0n) is 11.4. The van der Waals surface area contributed by atoms with Crippen LogP contribution in [-0.2, 0) is 11.2 Å². The number of urea groups is 1. The van der Waals surface area contributed by atoms with Gasteiger partial charge in [0.25, 0.3) is 0 Å². The van der Waals surface area contributed by atoms with Crippen molar-refractivity contribution in [1.82, 2.24) is 10.2 Å². The fourth-order valence-corrected chi connectivity index (χ4v) is 2.97. The van der Waals surface area contributed by atoms with Crippen molar-refractivity contribution in [2.45, 2.75) is 25.3 Å². The molecule has 1 aromatic carbocycles. The molecule has 1 aromatic rings. The molecule has 0 saturated carbocycles. The monoisotopic (exact) mass is 329 g/mol. The van der Waals surface area contributed by atoms with Gasteiger partial charge in [0, 0.05) is 23.1 Å². The Hall–Kier alpha value is -1.46. The molecule has 0 aliphatic carbocycles. The van der Waals surface area contributed by atoms with Gasteiger partial charge in [0.15, 0.2) is 0 Å². The summed E-state index contributed by atoms with van der Waals surface area (Å²) in [5.74, 6) is -0.170. The van der Waals surface area contributed by atoms with E-state index in [1.54, 1.807) is 12.1 Å². The van der Waals surface area contributed by atoms with E-state index in [1.165, 1.54) is 4.90 Å². The van der Waals surface area contributed by atoms with E-state index >= 15 is 0 Å². The van der Waals surface area contributed by atoms with Crippen LogP contribution in [0.4, 0.5) is 4.79 Å². The van der Waals surface area contributed by atoms with Gasteiger partial charge in [-0.3, -0.25) is 4.79 Å². The van der Waals surface area contributed by atoms with Crippen LogP contribution in [0.1, 0.15) is 18.4 Å². The van der Waals surface area contributed by atoms with Crippen molar-refractivity contribution >= 4 is 35.1 Å². The van der Waals surface area contributed by atoms with E-state index in [1.807, 2.05) is 6.07 Å². The second-order valence-corrected chi connectivity index (χ2v) is 5.81. The van der Waals surface area contributed by atoms with Gasteiger partial charge in [-0.2, -0.15) is 0 Å². The molecule has 21 heavy (non-hydrogen) atoms. The van der Waals surface area contributed by atoms with Gasteiger partial charge in [-0.05, 0) is 37.0 Å². The average Bonchev–Trinajstić information content (AvgIpc) is 2.90. The summed E-state index contributed by atoms with van der Waals surface area (Å²) in [6.07, 6.45) is 2.05. The number of halogens is 2. The number of nitrogens with one attached hydrogen (secondary N) is 1. The molecule has 0 unspecified atom stereocenters. The van der Waals surface area contributed by atoms with E-state index in [9.17, 15) is 9.59 Å². The lowest BCUT2D eigenvalue weighted by atomic mass is 10.1. The molecule has 3 N–H and O–H groups in total. The Morgan fingerprint density at radius 2 is 2.14 bits per heavy atom. The van der Waals surface area contributed by atoms with Crippen molar-refractivity contribution < 1.29 is 9.59 Å². The van der Waals surface area contributed by atoms with Gasteiger partial charge in [0.1, 0.15) is 6.04 Å². The standard InChI is InChI=1S/C14H17Cl2N3O2/c15-10-4-3-9(11(16)8-10)5-6-18-13(20)12-2-1-7-19(12)14(17)21/h3-4,8,12H,1-2,5-7H2,(H2,17,21)(H,18,20)/t12-/m0/s1. The molecule has 114 valence electrons. The molecule has 0 aromatic heterocycles. The predicted molar refractivity (Wildman–Crippen MR) is 82.5 cm³/mol. The van der Waals surface area contributed by atoms with E-state index in [4.69, 9.17) is 28.9 Å². The Morgan fingerprint density at radius 3 is 2.81 bits per heavy atom. The fraction of sp³-hybridized carbons (Fsp3) is 0.429. The Kier molecular flexibility index (Phi) is 5.31. The lowest BCUT2D eigenvalue weighted by molar-refractivity contribution is -0.124. The normalized spacial score (nSPS) is 17.8. The molecular formula is C14H17Cl2N3O2. The molecule has 0 bridgehead atoms. The van der Waals surface area contributed by atoms with Crippen LogP contribution in [-0.4, -0.2) is 36.0 Å². The van der Waals surface area contributed by atoms with Crippen molar-refractivity contribution in [1.29, 1.82) is 0 Å². The zero-order chi connectivity index (χ0) is 15.4. The molecule has 1 fully saturated rings. The number of carbonyl (C=O) groups is 2. The van der Waals surface area contributed by atoms with Crippen molar-refractivity contribution in [3.63, 3.8) is 0 Å². The number of benzene rings is 1. The Bertz CT molecular complexity index is 551. The lowest BCUT2D eigenvalue weighted by Crippen LogP contribution is -2.48. The van der Waals surface area contributed by atoms with Gasteiger partial charge in [0.2, 0.25) is 5.91 Å². The molecule has 1 atom stereocenters. The summed E-state index contributed by atoms with van der Waals surface area (Å²) in [5.41, 5.74) is 6.17. The highest BCUT2D eigenvalue weighted by molar-refractivity contribution is 6.35. The molecule has 0 radical (unpaired) electrons. The van der Waals surface area contributed by atoms with E-state index < -0.39 is 12.1 Å². The Balaban J connectivity index is 1.85. The van der Waals surface area contributed by atoms with Gasteiger partial charge in [-0.1, -0.05) is 29.3 Å². The minimum atomic E-state index is -0.548. The third kappa shape index (κ3) is 4.02. The van der Waals surface area contributed by atoms with Crippen molar-refractivity contribution in [3.05, 3.63) is 33.8 Å². The topological polar surface area (TPSA) is 75.4 Å². The quantitative estimate of drug-likeness (QED) is 0.888. The Morgan fingerprint density at radius 1 is 1.38 bits per heavy atom. The van der Waals surface area contributed by atoms with Crippen molar-refractivity contribution in [3.8, 4) is 0 Å². The third-order valence-electron chi connectivity index (χ3n) is 3.55. The van der Waals surface area contributed by atoms with E-state index in [2.05, 4.69) is 5.32 Å². The molecule has 7 heteroatoms. The molecule has 1 heterocycles. The highest BCUT2D eigenvalue weighted by atomic mass is 35.5. The summed E-state index contributed by atoms with van der Waals surface area (Å²) in [6, 6.07) is 4.27. The molecule has 1 saturated heterocycles. The number of amides is 3. The fourth-order valence-electron chi connectivity index (χ4n) is 2.47. The molecule has 2 rings (SSSR count). The molecule has 0 spiro atoms. The largest absolute Gasteiger partial charge is 0.354 e. The number of nitrogens with two attached hydrogens (primary N) is 1. The second kappa shape index (κ2) is 7.00. The van der Waals surface area contributed by atoms with E-state index in [-0.39, 0.29) is 5.91 Å². The third-order valence-corrected chi connectivity index (χ3v) is 4.13. The molecule has 5 nitrogen and oxygen atoms in total. The molecule has 3 amide bonds. The van der Waals surface area contributed by atoms with Crippen LogP contribution in [0.2, 0.25) is 10.0 Å². The lowest BCUT2D eigenvalue weighted by Gasteiger charge is -2.21. The number of nitrogens with zero attached hydrogens (tertiary/aromatic N) is 1. The highest BCUT2D eigenvalue weighted by Crippen LogP contribution is 2.21. The summed E-state index contributed by atoms with van der Waals surface area (Å²) in [6.45, 7) is 0.986. The van der Waals surface area contributed by atoms with Crippen molar-refractivity contribution in [2.75, 3.05) is 13.1 Å². The second-order valence-electron chi connectivity index (χ2n) is 4.97. The summed E-state index contributed by atoms with van der Waals surface area (Å²) in [7, 11) is 0. The van der Waals surface area contributed by atoms with Crippen LogP contribution in [0.3, 0.4) is 0 Å². The van der Waals surface area contributed by atoms with Crippen LogP contribution < -0.4 is 11.1 Å².